The summed E-state index contributed by atoms with van der Waals surface area (Å²) in [6.07, 6.45) is 5.04. The molecule has 106 valence electrons. The van der Waals surface area contributed by atoms with Gasteiger partial charge in [-0.3, -0.25) is 4.79 Å². The molecule has 1 aliphatic carbocycles. The van der Waals surface area contributed by atoms with Gasteiger partial charge in [-0.05, 0) is 63.6 Å². The molecule has 2 rings (SSSR count). The molecule has 1 aromatic rings. The zero-order valence-corrected chi connectivity index (χ0v) is 12.5. The summed E-state index contributed by atoms with van der Waals surface area (Å²) >= 11 is 0. The summed E-state index contributed by atoms with van der Waals surface area (Å²) in [6, 6.07) is 6.26. The van der Waals surface area contributed by atoms with E-state index in [1.807, 2.05) is 26.8 Å². The lowest BCUT2D eigenvalue weighted by Gasteiger charge is -2.17. The van der Waals surface area contributed by atoms with Crippen LogP contribution in [0.4, 0.5) is 5.69 Å². The second-order valence-electron chi connectivity index (χ2n) is 5.90. The maximum atomic E-state index is 10.2. The van der Waals surface area contributed by atoms with Gasteiger partial charge in [0.15, 0.2) is 0 Å². The molecule has 0 heterocycles. The second-order valence-corrected chi connectivity index (χ2v) is 5.90. The van der Waals surface area contributed by atoms with E-state index in [0.717, 1.165) is 5.69 Å². The maximum absolute atomic E-state index is 10.2. The van der Waals surface area contributed by atoms with Crippen LogP contribution in [0.5, 0.6) is 0 Å². The van der Waals surface area contributed by atoms with Crippen LogP contribution in [0.25, 0.3) is 0 Å². The fourth-order valence-electron chi connectivity index (χ4n) is 2.24. The van der Waals surface area contributed by atoms with Crippen molar-refractivity contribution in [3.63, 3.8) is 0 Å². The van der Waals surface area contributed by atoms with Crippen molar-refractivity contribution in [3.05, 3.63) is 29.3 Å². The molecular formula is C16H25NO2. The number of nitrogens with two attached hydrogens (primary N) is 1. The number of rotatable bonds is 0. The van der Waals surface area contributed by atoms with Gasteiger partial charge in [0.2, 0.25) is 0 Å². The molecule has 0 fully saturated rings. The van der Waals surface area contributed by atoms with Crippen molar-refractivity contribution in [1.82, 2.24) is 0 Å². The van der Waals surface area contributed by atoms with E-state index in [9.17, 15) is 4.79 Å². The Morgan fingerprint density at radius 3 is 2.32 bits per heavy atom. The number of esters is 1. The van der Waals surface area contributed by atoms with E-state index in [1.165, 1.54) is 43.7 Å². The molecule has 0 spiro atoms. The highest BCUT2D eigenvalue weighted by atomic mass is 16.6. The number of carbonyl (C=O) groups excluding carboxylic acids is 1. The molecule has 1 aromatic carbocycles. The molecule has 0 aromatic heterocycles. The third kappa shape index (κ3) is 5.77. The van der Waals surface area contributed by atoms with E-state index in [2.05, 4.69) is 12.1 Å². The van der Waals surface area contributed by atoms with E-state index < -0.39 is 0 Å². The van der Waals surface area contributed by atoms with Crippen molar-refractivity contribution >= 4 is 11.7 Å². The molecule has 0 atom stereocenters. The number of anilines is 1. The van der Waals surface area contributed by atoms with Crippen molar-refractivity contribution in [2.45, 2.75) is 59.0 Å². The van der Waals surface area contributed by atoms with E-state index >= 15 is 0 Å². The number of carbonyl (C=O) groups is 1. The Hall–Kier alpha value is -1.51. The van der Waals surface area contributed by atoms with Gasteiger partial charge in [-0.2, -0.15) is 0 Å². The smallest absolute Gasteiger partial charge is 0.303 e. The predicted molar refractivity (Wildman–Crippen MR) is 79.0 cm³/mol. The summed E-state index contributed by atoms with van der Waals surface area (Å²) in [6.45, 7) is 6.93. The second kappa shape index (κ2) is 6.60. The average molecular weight is 263 g/mol. The SMILES string of the molecule is CC(=O)OC(C)(C)C.Nc1cccc2c1CCCC2. The fourth-order valence-corrected chi connectivity index (χ4v) is 2.24. The van der Waals surface area contributed by atoms with Gasteiger partial charge in [0.25, 0.3) is 0 Å². The normalized spacial score (nSPS) is 13.9. The van der Waals surface area contributed by atoms with Crippen molar-refractivity contribution in [2.24, 2.45) is 0 Å². The first kappa shape index (κ1) is 15.5. The van der Waals surface area contributed by atoms with Crippen molar-refractivity contribution in [2.75, 3.05) is 5.73 Å². The molecule has 0 saturated heterocycles. The van der Waals surface area contributed by atoms with Crippen LogP contribution in [-0.4, -0.2) is 11.6 Å². The van der Waals surface area contributed by atoms with Crippen LogP contribution in [-0.2, 0) is 22.4 Å². The van der Waals surface area contributed by atoms with Crippen molar-refractivity contribution in [1.29, 1.82) is 0 Å². The largest absolute Gasteiger partial charge is 0.460 e. The molecule has 3 nitrogen and oxygen atoms in total. The Morgan fingerprint density at radius 2 is 1.84 bits per heavy atom. The van der Waals surface area contributed by atoms with Crippen LogP contribution in [0.2, 0.25) is 0 Å². The molecule has 0 bridgehead atoms. The first-order chi connectivity index (χ1) is 8.79. The number of hydrogen-bond donors (Lipinski definition) is 1. The predicted octanol–water partition coefficient (Wildman–Crippen LogP) is 3.50. The van der Waals surface area contributed by atoms with Gasteiger partial charge in [-0.25, -0.2) is 0 Å². The maximum Gasteiger partial charge on any atom is 0.303 e. The molecule has 3 heteroatoms. The van der Waals surface area contributed by atoms with Gasteiger partial charge in [-0.15, -0.1) is 0 Å². The van der Waals surface area contributed by atoms with Crippen LogP contribution < -0.4 is 5.73 Å². The van der Waals surface area contributed by atoms with Crippen LogP contribution in [0.3, 0.4) is 0 Å². The minimum Gasteiger partial charge on any atom is -0.460 e. The molecule has 0 unspecified atom stereocenters. The average Bonchev–Trinajstić information content (AvgIpc) is 2.27. The van der Waals surface area contributed by atoms with Gasteiger partial charge >= 0.3 is 5.97 Å². The highest BCUT2D eigenvalue weighted by molar-refractivity contribution is 5.66. The monoisotopic (exact) mass is 263 g/mol. The van der Waals surface area contributed by atoms with Gasteiger partial charge in [0.05, 0.1) is 0 Å². The highest BCUT2D eigenvalue weighted by Crippen LogP contribution is 2.25. The van der Waals surface area contributed by atoms with Crippen molar-refractivity contribution in [3.8, 4) is 0 Å². The van der Waals surface area contributed by atoms with Crippen LogP contribution in [0.15, 0.2) is 18.2 Å². The lowest BCUT2D eigenvalue weighted by Crippen LogP contribution is -2.21. The molecule has 19 heavy (non-hydrogen) atoms. The van der Waals surface area contributed by atoms with Crippen LogP contribution in [0.1, 0.15) is 51.7 Å². The van der Waals surface area contributed by atoms with Crippen molar-refractivity contribution < 1.29 is 9.53 Å². The fraction of sp³-hybridized carbons (Fsp3) is 0.562. The molecule has 1 aliphatic rings. The quantitative estimate of drug-likeness (QED) is 0.576. The number of ether oxygens (including phenoxy) is 1. The summed E-state index contributed by atoms with van der Waals surface area (Å²) in [5.41, 5.74) is 9.37. The molecular weight excluding hydrogens is 238 g/mol. The first-order valence-corrected chi connectivity index (χ1v) is 6.85. The minimum atomic E-state index is -0.328. The van der Waals surface area contributed by atoms with E-state index in [1.54, 1.807) is 0 Å². The van der Waals surface area contributed by atoms with Crippen LogP contribution >= 0.6 is 0 Å². The lowest BCUT2D eigenvalue weighted by molar-refractivity contribution is -0.151. The summed E-state index contributed by atoms with van der Waals surface area (Å²) in [5, 5.41) is 0. The van der Waals surface area contributed by atoms with Gasteiger partial charge < -0.3 is 10.5 Å². The third-order valence-corrected chi connectivity index (χ3v) is 2.88. The Morgan fingerprint density at radius 1 is 1.21 bits per heavy atom. The topological polar surface area (TPSA) is 52.3 Å². The molecule has 0 aliphatic heterocycles. The van der Waals surface area contributed by atoms with E-state index in [0.29, 0.717) is 0 Å². The number of hydrogen-bond acceptors (Lipinski definition) is 3. The molecule has 0 saturated carbocycles. The number of benzene rings is 1. The summed E-state index contributed by atoms with van der Waals surface area (Å²) < 4.78 is 4.80. The van der Waals surface area contributed by atoms with Gasteiger partial charge in [0.1, 0.15) is 5.60 Å². The molecule has 0 radical (unpaired) electrons. The number of nitrogen functional groups attached to an aromatic ring is 1. The van der Waals surface area contributed by atoms with E-state index in [4.69, 9.17) is 10.5 Å². The lowest BCUT2D eigenvalue weighted by atomic mass is 9.91. The Kier molecular flexibility index (Phi) is 5.40. The first-order valence-electron chi connectivity index (χ1n) is 6.85. The Labute approximate surface area is 116 Å². The standard InChI is InChI=1S/C10H13N.C6H12O2/c11-10-7-3-5-8-4-1-2-6-9(8)10;1-5(7)8-6(2,3)4/h3,5,7H,1-2,4,6,11H2;1-4H3. The summed E-state index contributed by atoms with van der Waals surface area (Å²) in [5.74, 6) is -0.225. The summed E-state index contributed by atoms with van der Waals surface area (Å²) in [4.78, 5) is 10.2. The van der Waals surface area contributed by atoms with Gasteiger partial charge in [-0.1, -0.05) is 12.1 Å². The zero-order valence-electron chi connectivity index (χ0n) is 12.5. The Balaban J connectivity index is 0.000000203. The number of fused-ring (bicyclic) bond motifs is 1. The van der Waals surface area contributed by atoms with Gasteiger partial charge in [0, 0.05) is 12.6 Å². The summed E-state index contributed by atoms with van der Waals surface area (Å²) in [7, 11) is 0. The molecule has 2 N–H and O–H groups in total. The molecule has 0 amide bonds. The number of aryl methyl sites for hydroxylation is 1. The van der Waals surface area contributed by atoms with E-state index in [-0.39, 0.29) is 11.6 Å². The Bertz CT molecular complexity index is 433. The van der Waals surface area contributed by atoms with Crippen LogP contribution in [0, 0.1) is 0 Å². The minimum absolute atomic E-state index is 0.225. The highest BCUT2D eigenvalue weighted by Gasteiger charge is 2.12. The zero-order chi connectivity index (χ0) is 14.5. The third-order valence-electron chi connectivity index (χ3n) is 2.88.